The Morgan fingerprint density at radius 1 is 1.30 bits per heavy atom. The molecule has 1 heterocycles. The predicted molar refractivity (Wildman–Crippen MR) is 88.3 cm³/mol. The Balaban J connectivity index is 1.65. The van der Waals surface area contributed by atoms with Crippen LogP contribution in [-0.4, -0.2) is 43.0 Å². The minimum atomic E-state index is 0.0157. The van der Waals surface area contributed by atoms with Gasteiger partial charge in [0.15, 0.2) is 0 Å². The smallest absolute Gasteiger partial charge is 0.253 e. The Bertz CT molecular complexity index is 577. The number of amides is 2. The van der Waals surface area contributed by atoms with Crippen LogP contribution in [0.25, 0.3) is 0 Å². The van der Waals surface area contributed by atoms with Crippen molar-refractivity contribution in [3.63, 3.8) is 0 Å². The third-order valence-corrected chi connectivity index (χ3v) is 4.50. The molecule has 3 rings (SSSR count). The molecule has 1 saturated carbocycles. The molecule has 0 spiro atoms. The molecular weight excluding hydrogens is 292 g/mol. The van der Waals surface area contributed by atoms with Crippen molar-refractivity contribution in [1.29, 1.82) is 0 Å². The molecule has 5 heteroatoms. The van der Waals surface area contributed by atoms with E-state index in [1.165, 1.54) is 0 Å². The lowest BCUT2D eigenvalue weighted by molar-refractivity contribution is -0.117. The molecule has 1 aliphatic carbocycles. The number of anilines is 1. The molecule has 124 valence electrons. The molecule has 1 aliphatic heterocycles. The van der Waals surface area contributed by atoms with E-state index in [9.17, 15) is 9.59 Å². The van der Waals surface area contributed by atoms with Crippen molar-refractivity contribution in [2.24, 2.45) is 11.8 Å². The first kappa shape index (κ1) is 16.0. The molecule has 1 aromatic carbocycles. The summed E-state index contributed by atoms with van der Waals surface area (Å²) in [5.41, 5.74) is 1.33. The first-order valence-corrected chi connectivity index (χ1v) is 8.45. The summed E-state index contributed by atoms with van der Waals surface area (Å²) >= 11 is 0. The molecule has 5 nitrogen and oxygen atoms in total. The standard InChI is InChI=1S/C18H24N2O3/c1-2-20(11-13-8-9-23-12-13)18(22)15-4-3-5-16(10-15)19-17(21)14-6-7-14/h3-5,10,13-14H,2,6-9,11-12H2,1H3,(H,19,21)/t13-/m1/s1. The Hall–Kier alpha value is -1.88. The second-order valence-corrected chi connectivity index (χ2v) is 6.42. The lowest BCUT2D eigenvalue weighted by atomic mass is 10.1. The molecular formula is C18H24N2O3. The number of hydrogen-bond acceptors (Lipinski definition) is 3. The second kappa shape index (κ2) is 7.13. The first-order chi connectivity index (χ1) is 11.2. The summed E-state index contributed by atoms with van der Waals surface area (Å²) in [7, 11) is 0. The van der Waals surface area contributed by atoms with Crippen LogP contribution >= 0.6 is 0 Å². The SMILES string of the molecule is CCN(C[C@H]1CCOC1)C(=O)c1cccc(NC(=O)C2CC2)c1. The van der Waals surface area contributed by atoms with Crippen molar-refractivity contribution in [1.82, 2.24) is 4.90 Å². The number of carbonyl (C=O) groups excluding carboxylic acids is 2. The molecule has 1 atom stereocenters. The minimum Gasteiger partial charge on any atom is -0.381 e. The van der Waals surface area contributed by atoms with Gasteiger partial charge >= 0.3 is 0 Å². The van der Waals surface area contributed by atoms with Crippen LogP contribution in [-0.2, 0) is 9.53 Å². The summed E-state index contributed by atoms with van der Waals surface area (Å²) in [6, 6.07) is 7.24. The maximum Gasteiger partial charge on any atom is 0.253 e. The van der Waals surface area contributed by atoms with Crippen LogP contribution in [0.5, 0.6) is 0 Å². The molecule has 2 fully saturated rings. The average Bonchev–Trinajstić information content (AvgIpc) is 3.30. The number of ether oxygens (including phenoxy) is 1. The van der Waals surface area contributed by atoms with Gasteiger partial charge in [-0.05, 0) is 44.4 Å². The van der Waals surface area contributed by atoms with E-state index in [1.54, 1.807) is 6.07 Å². The number of rotatable bonds is 6. The monoisotopic (exact) mass is 316 g/mol. The van der Waals surface area contributed by atoms with E-state index >= 15 is 0 Å². The summed E-state index contributed by atoms with van der Waals surface area (Å²) < 4.78 is 5.39. The molecule has 0 bridgehead atoms. The maximum atomic E-state index is 12.7. The molecule has 23 heavy (non-hydrogen) atoms. The second-order valence-electron chi connectivity index (χ2n) is 6.42. The number of carbonyl (C=O) groups is 2. The van der Waals surface area contributed by atoms with Crippen molar-refractivity contribution in [2.45, 2.75) is 26.2 Å². The number of hydrogen-bond donors (Lipinski definition) is 1. The molecule has 1 aromatic rings. The van der Waals surface area contributed by atoms with E-state index in [1.807, 2.05) is 30.0 Å². The third kappa shape index (κ3) is 4.10. The fourth-order valence-corrected chi connectivity index (χ4v) is 2.90. The van der Waals surface area contributed by atoms with Crippen LogP contribution in [0.2, 0.25) is 0 Å². The van der Waals surface area contributed by atoms with Crippen LogP contribution < -0.4 is 5.32 Å². The quantitative estimate of drug-likeness (QED) is 0.877. The predicted octanol–water partition coefficient (Wildman–Crippen LogP) is 2.53. The van der Waals surface area contributed by atoms with Crippen LogP contribution in [0.15, 0.2) is 24.3 Å². The Morgan fingerprint density at radius 3 is 2.78 bits per heavy atom. The van der Waals surface area contributed by atoms with E-state index in [4.69, 9.17) is 4.74 Å². The highest BCUT2D eigenvalue weighted by atomic mass is 16.5. The van der Waals surface area contributed by atoms with Crippen molar-refractivity contribution >= 4 is 17.5 Å². The third-order valence-electron chi connectivity index (χ3n) is 4.50. The molecule has 2 aliphatic rings. The average molecular weight is 316 g/mol. The molecule has 1 N–H and O–H groups in total. The Kier molecular flexibility index (Phi) is 4.96. The lowest BCUT2D eigenvalue weighted by Gasteiger charge is -2.24. The van der Waals surface area contributed by atoms with Gasteiger partial charge in [0.25, 0.3) is 5.91 Å². The van der Waals surface area contributed by atoms with Gasteiger partial charge in [-0.3, -0.25) is 9.59 Å². The van der Waals surface area contributed by atoms with Gasteiger partial charge in [-0.25, -0.2) is 0 Å². The number of nitrogens with zero attached hydrogens (tertiary/aromatic N) is 1. The highest BCUT2D eigenvalue weighted by Crippen LogP contribution is 2.30. The summed E-state index contributed by atoms with van der Waals surface area (Å²) in [5, 5.41) is 2.90. The molecule has 2 amide bonds. The largest absolute Gasteiger partial charge is 0.381 e. The summed E-state index contributed by atoms with van der Waals surface area (Å²) in [5.74, 6) is 0.660. The van der Waals surface area contributed by atoms with Gasteiger partial charge in [-0.15, -0.1) is 0 Å². The first-order valence-electron chi connectivity index (χ1n) is 8.45. The molecule has 0 aromatic heterocycles. The highest BCUT2D eigenvalue weighted by molar-refractivity contribution is 5.98. The van der Waals surface area contributed by atoms with Crippen molar-refractivity contribution < 1.29 is 14.3 Å². The molecule has 0 radical (unpaired) electrons. The fourth-order valence-electron chi connectivity index (χ4n) is 2.90. The summed E-state index contributed by atoms with van der Waals surface area (Å²) in [6.07, 6.45) is 2.95. The topological polar surface area (TPSA) is 58.6 Å². The summed E-state index contributed by atoms with van der Waals surface area (Å²) in [6.45, 7) is 4.93. The lowest BCUT2D eigenvalue weighted by Crippen LogP contribution is -2.35. The van der Waals surface area contributed by atoms with Crippen molar-refractivity contribution in [2.75, 3.05) is 31.6 Å². The van der Waals surface area contributed by atoms with Gasteiger partial charge in [0.2, 0.25) is 5.91 Å². The highest BCUT2D eigenvalue weighted by Gasteiger charge is 2.29. The van der Waals surface area contributed by atoms with Crippen LogP contribution in [0.4, 0.5) is 5.69 Å². The van der Waals surface area contributed by atoms with Crippen LogP contribution in [0.3, 0.4) is 0 Å². The van der Waals surface area contributed by atoms with Gasteiger partial charge in [-0.2, -0.15) is 0 Å². The maximum absolute atomic E-state index is 12.7. The van der Waals surface area contributed by atoms with Gasteiger partial charge in [-0.1, -0.05) is 6.07 Å². The number of nitrogens with one attached hydrogen (secondary N) is 1. The van der Waals surface area contributed by atoms with Gasteiger partial charge in [0, 0.05) is 42.8 Å². The van der Waals surface area contributed by atoms with E-state index in [0.29, 0.717) is 23.7 Å². The van der Waals surface area contributed by atoms with E-state index in [-0.39, 0.29) is 17.7 Å². The van der Waals surface area contributed by atoms with E-state index in [2.05, 4.69) is 5.32 Å². The molecule has 1 saturated heterocycles. The Labute approximate surface area is 137 Å². The Morgan fingerprint density at radius 2 is 2.13 bits per heavy atom. The van der Waals surface area contributed by atoms with Gasteiger partial charge in [0.05, 0.1) is 6.61 Å². The van der Waals surface area contributed by atoms with E-state index < -0.39 is 0 Å². The van der Waals surface area contributed by atoms with Crippen molar-refractivity contribution in [3.8, 4) is 0 Å². The van der Waals surface area contributed by atoms with Gasteiger partial charge < -0.3 is 15.0 Å². The van der Waals surface area contributed by atoms with Gasteiger partial charge in [0.1, 0.15) is 0 Å². The zero-order valence-electron chi connectivity index (χ0n) is 13.6. The molecule has 0 unspecified atom stereocenters. The summed E-state index contributed by atoms with van der Waals surface area (Å²) in [4.78, 5) is 26.4. The zero-order valence-corrected chi connectivity index (χ0v) is 13.6. The van der Waals surface area contributed by atoms with Crippen LogP contribution in [0.1, 0.15) is 36.5 Å². The zero-order chi connectivity index (χ0) is 16.2. The van der Waals surface area contributed by atoms with E-state index in [0.717, 1.165) is 39.0 Å². The fraction of sp³-hybridized carbons (Fsp3) is 0.556. The van der Waals surface area contributed by atoms with Crippen molar-refractivity contribution in [3.05, 3.63) is 29.8 Å². The van der Waals surface area contributed by atoms with Crippen LogP contribution in [0, 0.1) is 11.8 Å². The normalized spacial score (nSPS) is 20.3. The minimum absolute atomic E-state index is 0.0157. The number of benzene rings is 1.